The maximum atomic E-state index is 10.6. The summed E-state index contributed by atoms with van der Waals surface area (Å²) in [6, 6.07) is 0. The molecule has 3 nitrogen and oxygen atoms in total. The summed E-state index contributed by atoms with van der Waals surface area (Å²) in [5, 5.41) is 11.1. The van der Waals surface area contributed by atoms with Crippen molar-refractivity contribution >= 4 is 23.3 Å². The van der Waals surface area contributed by atoms with Gasteiger partial charge in [-0.05, 0) is 43.8 Å². The van der Waals surface area contributed by atoms with E-state index in [1.54, 1.807) is 0 Å². The summed E-state index contributed by atoms with van der Waals surface area (Å²) >= 11 is 4.47. The van der Waals surface area contributed by atoms with Crippen molar-refractivity contribution in [1.29, 1.82) is 0 Å². The number of aliphatic imine (C=N–C) groups is 1. The fourth-order valence-corrected chi connectivity index (χ4v) is 1.83. The lowest BCUT2D eigenvalue weighted by Gasteiger charge is -2.24. The van der Waals surface area contributed by atoms with Gasteiger partial charge >= 0.3 is 5.97 Å². The van der Waals surface area contributed by atoms with Crippen LogP contribution in [-0.4, -0.2) is 22.8 Å². The molecule has 1 N–H and O–H groups in total. The Kier molecular flexibility index (Phi) is 4.06. The zero-order valence-electron chi connectivity index (χ0n) is 7.40. The molecule has 13 heavy (non-hydrogen) atoms. The number of isothiocyanates is 1. The Balaban J connectivity index is 2.30. The Morgan fingerprint density at radius 1 is 1.46 bits per heavy atom. The Hall–Kier alpha value is -0.730. The summed E-state index contributed by atoms with van der Waals surface area (Å²) in [5.74, 6) is -0.268. The lowest BCUT2D eigenvalue weighted by atomic mass is 9.82. The predicted octanol–water partition coefficient (Wildman–Crippen LogP) is 1.98. The summed E-state index contributed by atoms with van der Waals surface area (Å²) in [5.41, 5.74) is 0. The van der Waals surface area contributed by atoms with Crippen molar-refractivity contribution in [3.05, 3.63) is 0 Å². The Bertz CT molecular complexity index is 228. The molecule has 0 aromatic carbocycles. The first kappa shape index (κ1) is 10.4. The van der Waals surface area contributed by atoms with Crippen LogP contribution in [0.25, 0.3) is 0 Å². The quantitative estimate of drug-likeness (QED) is 0.558. The minimum Gasteiger partial charge on any atom is -0.481 e. The van der Waals surface area contributed by atoms with Crippen molar-refractivity contribution in [2.75, 3.05) is 6.54 Å². The molecular formula is C9H13NO2S. The minimum absolute atomic E-state index is 0.132. The van der Waals surface area contributed by atoms with Gasteiger partial charge in [-0.15, -0.1) is 0 Å². The van der Waals surface area contributed by atoms with Crippen molar-refractivity contribution in [2.24, 2.45) is 16.8 Å². The summed E-state index contributed by atoms with van der Waals surface area (Å²) in [6.45, 7) is 0.718. The molecule has 1 rings (SSSR count). The van der Waals surface area contributed by atoms with E-state index in [1.165, 1.54) is 0 Å². The topological polar surface area (TPSA) is 49.7 Å². The molecule has 1 aliphatic rings. The third-order valence-electron chi connectivity index (χ3n) is 2.61. The zero-order chi connectivity index (χ0) is 9.68. The average Bonchev–Trinajstić information content (AvgIpc) is 2.15. The molecule has 0 amide bonds. The number of nitrogens with zero attached hydrogens (tertiary/aromatic N) is 1. The normalized spacial score (nSPS) is 27.7. The molecule has 0 spiro atoms. The first-order valence-corrected chi connectivity index (χ1v) is 4.91. The van der Waals surface area contributed by atoms with Crippen LogP contribution in [0.4, 0.5) is 0 Å². The van der Waals surface area contributed by atoms with Crippen LogP contribution in [0.3, 0.4) is 0 Å². The van der Waals surface area contributed by atoms with Gasteiger partial charge in [0.05, 0.1) is 17.6 Å². The van der Waals surface area contributed by atoms with E-state index in [-0.39, 0.29) is 5.92 Å². The molecular weight excluding hydrogens is 186 g/mol. The monoisotopic (exact) mass is 199 g/mol. The zero-order valence-corrected chi connectivity index (χ0v) is 8.22. The lowest BCUT2D eigenvalue weighted by Crippen LogP contribution is -2.22. The summed E-state index contributed by atoms with van der Waals surface area (Å²) < 4.78 is 0. The van der Waals surface area contributed by atoms with Gasteiger partial charge in [-0.25, -0.2) is 4.99 Å². The van der Waals surface area contributed by atoms with Gasteiger partial charge in [0.25, 0.3) is 0 Å². The molecule has 0 radical (unpaired) electrons. The molecule has 0 aromatic rings. The highest BCUT2D eigenvalue weighted by molar-refractivity contribution is 7.78. The highest BCUT2D eigenvalue weighted by Gasteiger charge is 2.25. The second-order valence-electron chi connectivity index (χ2n) is 3.49. The number of rotatable bonds is 3. The summed E-state index contributed by atoms with van der Waals surface area (Å²) in [4.78, 5) is 14.5. The molecule has 1 aliphatic carbocycles. The number of carbonyl (C=O) groups is 1. The van der Waals surface area contributed by atoms with Crippen LogP contribution in [-0.2, 0) is 4.79 Å². The summed E-state index contributed by atoms with van der Waals surface area (Å²) in [6.07, 6.45) is 3.48. The van der Waals surface area contributed by atoms with E-state index in [2.05, 4.69) is 22.4 Å². The molecule has 1 fully saturated rings. The fraction of sp³-hybridized carbons (Fsp3) is 0.778. The van der Waals surface area contributed by atoms with Gasteiger partial charge in [0.2, 0.25) is 0 Å². The number of hydrogen-bond acceptors (Lipinski definition) is 3. The van der Waals surface area contributed by atoms with E-state index in [9.17, 15) is 4.79 Å². The van der Waals surface area contributed by atoms with Crippen LogP contribution in [0.2, 0.25) is 0 Å². The van der Waals surface area contributed by atoms with Crippen molar-refractivity contribution in [1.82, 2.24) is 0 Å². The molecule has 0 atom stereocenters. The first-order chi connectivity index (χ1) is 6.24. The molecule has 4 heteroatoms. The van der Waals surface area contributed by atoms with Crippen molar-refractivity contribution in [2.45, 2.75) is 25.7 Å². The standard InChI is InChI=1S/C9H13NO2S/c11-9(12)8-3-1-7(2-4-8)5-10-6-13/h7-8H,1-5H2,(H,11,12). The van der Waals surface area contributed by atoms with Crippen molar-refractivity contribution in [3.8, 4) is 0 Å². The van der Waals surface area contributed by atoms with Gasteiger partial charge in [0, 0.05) is 0 Å². The highest BCUT2D eigenvalue weighted by Crippen LogP contribution is 2.28. The number of aliphatic carboxylic acids is 1. The highest BCUT2D eigenvalue weighted by atomic mass is 32.1. The van der Waals surface area contributed by atoms with Crippen molar-refractivity contribution in [3.63, 3.8) is 0 Å². The van der Waals surface area contributed by atoms with Crippen LogP contribution >= 0.6 is 12.2 Å². The molecule has 0 aliphatic heterocycles. The third-order valence-corrected chi connectivity index (χ3v) is 2.74. The smallest absolute Gasteiger partial charge is 0.306 e. The number of carboxylic acids is 1. The Morgan fingerprint density at radius 2 is 2.08 bits per heavy atom. The SMILES string of the molecule is O=C(O)C1CCC(CN=C=S)CC1. The summed E-state index contributed by atoms with van der Waals surface area (Å²) in [7, 11) is 0. The molecule has 0 heterocycles. The third kappa shape index (κ3) is 3.25. The lowest BCUT2D eigenvalue weighted by molar-refractivity contribution is -0.143. The second-order valence-corrected chi connectivity index (χ2v) is 3.67. The Labute approximate surface area is 82.9 Å². The maximum absolute atomic E-state index is 10.6. The van der Waals surface area contributed by atoms with Crippen LogP contribution in [0, 0.1) is 11.8 Å². The minimum atomic E-state index is -0.656. The first-order valence-electron chi connectivity index (χ1n) is 4.50. The fourth-order valence-electron chi connectivity index (χ4n) is 1.76. The van der Waals surface area contributed by atoms with Crippen LogP contribution in [0.5, 0.6) is 0 Å². The molecule has 0 aromatic heterocycles. The van der Waals surface area contributed by atoms with Crippen LogP contribution < -0.4 is 0 Å². The molecule has 0 saturated heterocycles. The number of carboxylic acid groups (broad SMARTS) is 1. The second kappa shape index (κ2) is 5.10. The van der Waals surface area contributed by atoms with Crippen LogP contribution in [0.15, 0.2) is 4.99 Å². The van der Waals surface area contributed by atoms with Gasteiger partial charge < -0.3 is 5.11 Å². The maximum Gasteiger partial charge on any atom is 0.306 e. The molecule has 0 unspecified atom stereocenters. The van der Waals surface area contributed by atoms with Gasteiger partial charge in [-0.1, -0.05) is 0 Å². The van der Waals surface area contributed by atoms with E-state index >= 15 is 0 Å². The van der Waals surface area contributed by atoms with Gasteiger partial charge in [0.15, 0.2) is 0 Å². The van der Waals surface area contributed by atoms with E-state index in [0.717, 1.165) is 32.2 Å². The van der Waals surface area contributed by atoms with Gasteiger partial charge in [-0.3, -0.25) is 4.79 Å². The van der Waals surface area contributed by atoms with Crippen LogP contribution in [0.1, 0.15) is 25.7 Å². The number of hydrogen-bond donors (Lipinski definition) is 1. The van der Waals surface area contributed by atoms with Gasteiger partial charge in [0.1, 0.15) is 0 Å². The van der Waals surface area contributed by atoms with Gasteiger partial charge in [-0.2, -0.15) is 0 Å². The molecule has 1 saturated carbocycles. The largest absolute Gasteiger partial charge is 0.481 e. The average molecular weight is 199 g/mol. The number of thiocarbonyl (C=S) groups is 1. The molecule has 72 valence electrons. The van der Waals surface area contributed by atoms with E-state index < -0.39 is 5.97 Å². The van der Waals surface area contributed by atoms with Crippen molar-refractivity contribution < 1.29 is 9.90 Å². The van der Waals surface area contributed by atoms with E-state index in [0.29, 0.717) is 5.92 Å². The van der Waals surface area contributed by atoms with E-state index in [4.69, 9.17) is 5.11 Å². The molecule has 0 bridgehead atoms. The predicted molar refractivity (Wildman–Crippen MR) is 53.0 cm³/mol. The Morgan fingerprint density at radius 3 is 2.54 bits per heavy atom. The van der Waals surface area contributed by atoms with E-state index in [1.807, 2.05) is 0 Å².